The summed E-state index contributed by atoms with van der Waals surface area (Å²) in [6.45, 7) is 2.08. The summed E-state index contributed by atoms with van der Waals surface area (Å²) < 4.78 is 1.14. The number of hydrogen-bond donors (Lipinski definition) is 0. The zero-order valence-electron chi connectivity index (χ0n) is 5.10. The summed E-state index contributed by atoms with van der Waals surface area (Å²) in [5.74, 6) is 0. The van der Waals surface area contributed by atoms with E-state index >= 15 is 0 Å². The molecule has 9 heavy (non-hydrogen) atoms. The second-order valence-corrected chi connectivity index (χ2v) is 2.71. The van der Waals surface area contributed by atoms with Crippen LogP contribution in [-0.4, -0.2) is 0 Å². The minimum absolute atomic E-state index is 0. The van der Waals surface area contributed by atoms with Crippen LogP contribution in [0.15, 0.2) is 28.7 Å². The van der Waals surface area contributed by atoms with Gasteiger partial charge in [0.1, 0.15) is 0 Å². The Labute approximate surface area is 80.8 Å². The largest absolute Gasteiger partial charge is 0.107 e. The quantitative estimate of drug-likeness (QED) is 0.644. The highest BCUT2D eigenvalue weighted by Crippen LogP contribution is 2.08. The van der Waals surface area contributed by atoms with E-state index in [4.69, 9.17) is 0 Å². The molecule has 0 saturated carbocycles. The van der Waals surface area contributed by atoms with Crippen LogP contribution in [0, 0.1) is 6.92 Å². The van der Waals surface area contributed by atoms with E-state index in [1.165, 1.54) is 5.56 Å². The molecular formula is C7H8BrI. The van der Waals surface area contributed by atoms with Gasteiger partial charge in [0.15, 0.2) is 0 Å². The van der Waals surface area contributed by atoms with Crippen molar-refractivity contribution in [3.63, 3.8) is 0 Å². The van der Waals surface area contributed by atoms with Gasteiger partial charge < -0.3 is 0 Å². The number of rotatable bonds is 0. The topological polar surface area (TPSA) is 0 Å². The minimum Gasteiger partial charge on any atom is -0.107 e. The van der Waals surface area contributed by atoms with Crippen molar-refractivity contribution in [2.24, 2.45) is 0 Å². The van der Waals surface area contributed by atoms with Gasteiger partial charge in [-0.2, -0.15) is 0 Å². The van der Waals surface area contributed by atoms with Crippen LogP contribution < -0.4 is 0 Å². The zero-order chi connectivity index (χ0) is 5.98. The second-order valence-electron chi connectivity index (χ2n) is 1.80. The third-order valence-corrected chi connectivity index (χ3v) is 1.54. The fourth-order valence-electron chi connectivity index (χ4n) is 0.533. The maximum atomic E-state index is 3.35. The molecule has 1 aromatic carbocycles. The zero-order valence-corrected chi connectivity index (χ0v) is 9.01. The van der Waals surface area contributed by atoms with Crippen LogP contribution in [0.25, 0.3) is 0 Å². The molecular weight excluding hydrogens is 291 g/mol. The van der Waals surface area contributed by atoms with Gasteiger partial charge in [0, 0.05) is 4.47 Å². The number of halogens is 2. The van der Waals surface area contributed by atoms with E-state index in [-0.39, 0.29) is 24.0 Å². The number of benzene rings is 1. The van der Waals surface area contributed by atoms with Crippen LogP contribution in [0.3, 0.4) is 0 Å². The van der Waals surface area contributed by atoms with Crippen molar-refractivity contribution in [2.75, 3.05) is 0 Å². The fourth-order valence-corrected chi connectivity index (χ4v) is 0.798. The van der Waals surface area contributed by atoms with Crippen LogP contribution in [-0.2, 0) is 0 Å². The molecule has 0 aromatic heterocycles. The number of aryl methyl sites for hydroxylation is 1. The SMILES string of the molecule is Cc1ccc(Br)cc1.I. The average Bonchev–Trinajstić information content (AvgIpc) is 1.77. The summed E-state index contributed by atoms with van der Waals surface area (Å²) in [4.78, 5) is 0. The van der Waals surface area contributed by atoms with Crippen molar-refractivity contribution in [1.82, 2.24) is 0 Å². The van der Waals surface area contributed by atoms with Crippen LogP contribution >= 0.6 is 39.9 Å². The van der Waals surface area contributed by atoms with E-state index in [9.17, 15) is 0 Å². The predicted molar refractivity (Wildman–Crippen MR) is 54.3 cm³/mol. The lowest BCUT2D eigenvalue weighted by Crippen LogP contribution is -1.66. The van der Waals surface area contributed by atoms with E-state index in [0.717, 1.165) is 4.47 Å². The Morgan fingerprint density at radius 1 is 1.11 bits per heavy atom. The van der Waals surface area contributed by atoms with Gasteiger partial charge in [0.2, 0.25) is 0 Å². The number of hydrogen-bond acceptors (Lipinski definition) is 0. The summed E-state index contributed by atoms with van der Waals surface area (Å²) in [5.41, 5.74) is 1.30. The predicted octanol–water partition coefficient (Wildman–Crippen LogP) is 3.38. The maximum Gasteiger partial charge on any atom is 0.0175 e. The van der Waals surface area contributed by atoms with Crippen molar-refractivity contribution in [2.45, 2.75) is 6.92 Å². The van der Waals surface area contributed by atoms with Gasteiger partial charge in [0.05, 0.1) is 0 Å². The lowest BCUT2D eigenvalue weighted by Gasteiger charge is -1.88. The minimum atomic E-state index is 0. The van der Waals surface area contributed by atoms with Crippen molar-refractivity contribution in [1.29, 1.82) is 0 Å². The van der Waals surface area contributed by atoms with E-state index in [1.807, 2.05) is 12.1 Å². The third-order valence-electron chi connectivity index (χ3n) is 1.01. The third kappa shape index (κ3) is 3.20. The Balaban J connectivity index is 0.000000640. The van der Waals surface area contributed by atoms with Gasteiger partial charge in [0.25, 0.3) is 0 Å². The Morgan fingerprint density at radius 2 is 1.56 bits per heavy atom. The first-order valence-electron chi connectivity index (χ1n) is 2.51. The van der Waals surface area contributed by atoms with Crippen LogP contribution in [0.1, 0.15) is 5.56 Å². The average molecular weight is 299 g/mol. The molecule has 0 fully saturated rings. The molecule has 0 aliphatic carbocycles. The molecule has 0 aliphatic heterocycles. The summed E-state index contributed by atoms with van der Waals surface area (Å²) in [6.07, 6.45) is 0. The molecule has 0 saturated heterocycles. The first-order valence-corrected chi connectivity index (χ1v) is 3.30. The molecule has 0 radical (unpaired) electrons. The fraction of sp³-hybridized carbons (Fsp3) is 0.143. The molecule has 0 atom stereocenters. The molecule has 0 N–H and O–H groups in total. The Morgan fingerprint density at radius 3 is 1.89 bits per heavy atom. The molecule has 0 spiro atoms. The van der Waals surface area contributed by atoms with Crippen molar-refractivity contribution in [3.8, 4) is 0 Å². The highest BCUT2D eigenvalue weighted by atomic mass is 127. The van der Waals surface area contributed by atoms with E-state index < -0.39 is 0 Å². The molecule has 0 amide bonds. The lowest BCUT2D eigenvalue weighted by molar-refractivity contribution is 1.46. The van der Waals surface area contributed by atoms with Crippen molar-refractivity contribution < 1.29 is 0 Å². The summed E-state index contributed by atoms with van der Waals surface area (Å²) in [5, 5.41) is 0. The first-order chi connectivity index (χ1) is 3.79. The van der Waals surface area contributed by atoms with Crippen LogP contribution in [0.5, 0.6) is 0 Å². The molecule has 0 nitrogen and oxygen atoms in total. The van der Waals surface area contributed by atoms with E-state index in [1.54, 1.807) is 0 Å². The van der Waals surface area contributed by atoms with Crippen LogP contribution in [0.2, 0.25) is 0 Å². The lowest BCUT2D eigenvalue weighted by atomic mass is 10.2. The van der Waals surface area contributed by atoms with Crippen molar-refractivity contribution >= 4 is 39.9 Å². The van der Waals surface area contributed by atoms with Crippen molar-refractivity contribution in [3.05, 3.63) is 34.3 Å². The molecule has 1 rings (SSSR count). The molecule has 0 bridgehead atoms. The first kappa shape index (κ1) is 9.43. The van der Waals surface area contributed by atoms with Gasteiger partial charge in [-0.15, -0.1) is 24.0 Å². The van der Waals surface area contributed by atoms with Gasteiger partial charge in [-0.3, -0.25) is 0 Å². The smallest absolute Gasteiger partial charge is 0.0175 e. The Hall–Kier alpha value is 0.430. The van der Waals surface area contributed by atoms with Gasteiger partial charge in [-0.25, -0.2) is 0 Å². The van der Waals surface area contributed by atoms with Gasteiger partial charge in [-0.05, 0) is 19.1 Å². The highest BCUT2D eigenvalue weighted by Gasteiger charge is 1.81. The molecule has 50 valence electrons. The second kappa shape index (κ2) is 4.28. The molecule has 1 aromatic rings. The summed E-state index contributed by atoms with van der Waals surface area (Å²) in [7, 11) is 0. The van der Waals surface area contributed by atoms with Gasteiger partial charge in [-0.1, -0.05) is 33.6 Å². The normalized spacial score (nSPS) is 8.22. The van der Waals surface area contributed by atoms with Crippen LogP contribution in [0.4, 0.5) is 0 Å². The molecule has 0 heterocycles. The van der Waals surface area contributed by atoms with E-state index in [2.05, 4.69) is 35.0 Å². The van der Waals surface area contributed by atoms with Gasteiger partial charge >= 0.3 is 0 Å². The Bertz CT molecular complexity index is 148. The summed E-state index contributed by atoms with van der Waals surface area (Å²) >= 11 is 3.35. The standard InChI is InChI=1S/C7H7Br.HI/c1-6-2-4-7(8)5-3-6;/h2-5H,1H3;1H. The summed E-state index contributed by atoms with van der Waals surface area (Å²) in [6, 6.07) is 8.22. The monoisotopic (exact) mass is 298 g/mol. The Kier molecular flexibility index (Phi) is 4.48. The molecule has 2 heteroatoms. The molecule has 0 unspecified atom stereocenters. The van der Waals surface area contributed by atoms with E-state index in [0.29, 0.717) is 0 Å². The maximum absolute atomic E-state index is 3.35. The molecule has 0 aliphatic rings. The highest BCUT2D eigenvalue weighted by molar-refractivity contribution is 14.0.